The Morgan fingerprint density at radius 2 is 2.09 bits per heavy atom. The highest BCUT2D eigenvalue weighted by molar-refractivity contribution is 5.90. The number of carbonyl (C=O) groups excluding carboxylic acids is 2. The number of hydrogen-bond donors (Lipinski definition) is 2. The van der Waals surface area contributed by atoms with Crippen molar-refractivity contribution in [3.05, 3.63) is 11.1 Å². The first kappa shape index (κ1) is 18.2. The van der Waals surface area contributed by atoms with Crippen molar-refractivity contribution in [2.45, 2.75) is 50.7 Å². The smallest absolute Gasteiger partial charge is 0.384 e. The van der Waals surface area contributed by atoms with Gasteiger partial charge in [0, 0.05) is 12.3 Å². The van der Waals surface area contributed by atoms with Gasteiger partial charge in [0.05, 0.1) is 32.0 Å². The summed E-state index contributed by atoms with van der Waals surface area (Å²) in [4.78, 5) is 22.7. The van der Waals surface area contributed by atoms with Crippen molar-refractivity contribution in [3.8, 4) is 11.8 Å². The minimum Gasteiger partial charge on any atom is -0.466 e. The first-order valence-electron chi connectivity index (χ1n) is 7.25. The lowest BCUT2D eigenvalue weighted by Crippen LogP contribution is -2.23. The van der Waals surface area contributed by atoms with Crippen molar-refractivity contribution in [2.24, 2.45) is 0 Å². The maximum Gasteiger partial charge on any atom is 0.384 e. The van der Waals surface area contributed by atoms with Crippen molar-refractivity contribution >= 4 is 11.9 Å². The molecular formula is C16H22O6. The number of hydrogen-bond acceptors (Lipinski definition) is 6. The van der Waals surface area contributed by atoms with Crippen molar-refractivity contribution < 1.29 is 29.3 Å². The van der Waals surface area contributed by atoms with Gasteiger partial charge in [-0.25, -0.2) is 9.59 Å². The van der Waals surface area contributed by atoms with Crippen LogP contribution in [0.25, 0.3) is 0 Å². The van der Waals surface area contributed by atoms with E-state index >= 15 is 0 Å². The molecule has 2 unspecified atom stereocenters. The molecule has 0 heterocycles. The summed E-state index contributed by atoms with van der Waals surface area (Å²) in [5, 5.41) is 20.1. The Labute approximate surface area is 130 Å². The first-order chi connectivity index (χ1) is 10.5. The van der Waals surface area contributed by atoms with Gasteiger partial charge in [-0.05, 0) is 37.7 Å². The van der Waals surface area contributed by atoms with Gasteiger partial charge in [0.15, 0.2) is 0 Å². The number of aliphatic hydroxyl groups excluding tert-OH is 2. The molecule has 0 aromatic carbocycles. The molecule has 2 N–H and O–H groups in total. The van der Waals surface area contributed by atoms with Gasteiger partial charge >= 0.3 is 11.9 Å². The third-order valence-corrected chi connectivity index (χ3v) is 3.57. The number of aliphatic hydroxyl groups is 2. The molecule has 0 amide bonds. The fraction of sp³-hybridized carbons (Fsp3) is 0.625. The Bertz CT molecular complexity index is 497. The van der Waals surface area contributed by atoms with Crippen molar-refractivity contribution in [1.82, 2.24) is 0 Å². The molecule has 122 valence electrons. The standard InChI is InChI=1S/C16H22O6/c1-21-14(19)10-5-3-4-8-13(18)15(16(20)22-2)11-7-6-9-12(11)17/h12-13,17-18H,3-4,6-9H2,1-2H3/b15-11-. The quantitative estimate of drug-likeness (QED) is 0.255. The number of carbonyl (C=O) groups is 2. The Hall–Kier alpha value is -1.84. The normalized spacial score (nSPS) is 20.6. The van der Waals surface area contributed by atoms with Gasteiger partial charge in [0.25, 0.3) is 0 Å². The van der Waals surface area contributed by atoms with E-state index in [4.69, 9.17) is 4.74 Å². The van der Waals surface area contributed by atoms with Crippen LogP contribution in [0.3, 0.4) is 0 Å². The molecule has 0 aromatic heterocycles. The van der Waals surface area contributed by atoms with Gasteiger partial charge in [-0.15, -0.1) is 0 Å². The topological polar surface area (TPSA) is 93.1 Å². The van der Waals surface area contributed by atoms with Gasteiger partial charge in [0.1, 0.15) is 0 Å². The monoisotopic (exact) mass is 310 g/mol. The lowest BCUT2D eigenvalue weighted by molar-refractivity contribution is -0.137. The third kappa shape index (κ3) is 5.17. The summed E-state index contributed by atoms with van der Waals surface area (Å²) in [6.45, 7) is 0. The van der Waals surface area contributed by atoms with Crippen LogP contribution in [-0.2, 0) is 19.1 Å². The van der Waals surface area contributed by atoms with Crippen LogP contribution >= 0.6 is 0 Å². The highest BCUT2D eigenvalue weighted by atomic mass is 16.5. The van der Waals surface area contributed by atoms with E-state index in [1.807, 2.05) is 0 Å². The van der Waals surface area contributed by atoms with Crippen LogP contribution in [0.1, 0.15) is 38.5 Å². The highest BCUT2D eigenvalue weighted by Crippen LogP contribution is 2.30. The summed E-state index contributed by atoms with van der Waals surface area (Å²) in [6, 6.07) is 0. The molecule has 0 bridgehead atoms. The third-order valence-electron chi connectivity index (χ3n) is 3.57. The second-order valence-electron chi connectivity index (χ2n) is 5.04. The zero-order chi connectivity index (χ0) is 16.5. The minimum absolute atomic E-state index is 0.161. The Balaban J connectivity index is 2.66. The van der Waals surface area contributed by atoms with E-state index in [0.29, 0.717) is 37.7 Å². The van der Waals surface area contributed by atoms with E-state index < -0.39 is 24.1 Å². The van der Waals surface area contributed by atoms with Gasteiger partial charge < -0.3 is 19.7 Å². The predicted molar refractivity (Wildman–Crippen MR) is 78.5 cm³/mol. The second-order valence-corrected chi connectivity index (χ2v) is 5.04. The van der Waals surface area contributed by atoms with Gasteiger partial charge in [-0.2, -0.15) is 0 Å². The van der Waals surface area contributed by atoms with Crippen LogP contribution < -0.4 is 0 Å². The Morgan fingerprint density at radius 3 is 2.64 bits per heavy atom. The molecule has 1 rings (SSSR count). The van der Waals surface area contributed by atoms with E-state index in [1.54, 1.807) is 0 Å². The summed E-state index contributed by atoms with van der Waals surface area (Å²) in [5.74, 6) is 3.72. The molecule has 1 fully saturated rings. The zero-order valence-corrected chi connectivity index (χ0v) is 12.9. The van der Waals surface area contributed by atoms with Crippen LogP contribution in [0, 0.1) is 11.8 Å². The molecule has 6 nitrogen and oxygen atoms in total. The SMILES string of the molecule is COC(=O)C#CCCCC(O)/C(C(=O)OC)=C1\CCCC1O. The number of rotatable bonds is 5. The van der Waals surface area contributed by atoms with Crippen LogP contribution in [0.2, 0.25) is 0 Å². The average Bonchev–Trinajstić information content (AvgIpc) is 2.92. The fourth-order valence-electron chi connectivity index (χ4n) is 2.45. The molecule has 0 radical (unpaired) electrons. The lowest BCUT2D eigenvalue weighted by Gasteiger charge is -2.17. The number of unbranched alkanes of at least 4 members (excludes halogenated alkanes) is 1. The van der Waals surface area contributed by atoms with Crippen molar-refractivity contribution in [2.75, 3.05) is 14.2 Å². The van der Waals surface area contributed by atoms with E-state index in [1.165, 1.54) is 14.2 Å². The summed E-state index contributed by atoms with van der Waals surface area (Å²) in [5.41, 5.74) is 0.730. The highest BCUT2D eigenvalue weighted by Gasteiger charge is 2.30. The summed E-state index contributed by atoms with van der Waals surface area (Å²) in [7, 11) is 2.50. The Morgan fingerprint density at radius 1 is 1.36 bits per heavy atom. The molecule has 1 saturated carbocycles. The predicted octanol–water partition coefficient (Wildman–Crippen LogP) is 0.708. The number of esters is 2. The average molecular weight is 310 g/mol. The van der Waals surface area contributed by atoms with Crippen LogP contribution in [0.15, 0.2) is 11.1 Å². The van der Waals surface area contributed by atoms with E-state index in [2.05, 4.69) is 16.6 Å². The molecule has 0 aromatic rings. The molecular weight excluding hydrogens is 288 g/mol. The number of ether oxygens (including phenoxy) is 2. The molecule has 2 atom stereocenters. The van der Waals surface area contributed by atoms with Crippen LogP contribution in [0.4, 0.5) is 0 Å². The first-order valence-corrected chi connectivity index (χ1v) is 7.25. The zero-order valence-electron chi connectivity index (χ0n) is 12.9. The van der Waals surface area contributed by atoms with Crippen molar-refractivity contribution in [3.63, 3.8) is 0 Å². The van der Waals surface area contributed by atoms with E-state index in [-0.39, 0.29) is 5.57 Å². The van der Waals surface area contributed by atoms with Gasteiger partial charge in [-0.3, -0.25) is 0 Å². The maximum absolute atomic E-state index is 11.9. The maximum atomic E-state index is 11.9. The molecule has 0 saturated heterocycles. The largest absolute Gasteiger partial charge is 0.466 e. The minimum atomic E-state index is -1.00. The van der Waals surface area contributed by atoms with Gasteiger partial charge in [-0.1, -0.05) is 5.92 Å². The molecule has 6 heteroatoms. The number of methoxy groups -OCH3 is 2. The molecule has 1 aliphatic rings. The lowest BCUT2D eigenvalue weighted by atomic mass is 9.96. The van der Waals surface area contributed by atoms with Crippen LogP contribution in [0.5, 0.6) is 0 Å². The Kier molecular flexibility index (Phi) is 7.64. The summed E-state index contributed by atoms with van der Waals surface area (Å²) < 4.78 is 9.09. The second kappa shape index (κ2) is 9.23. The fourth-order valence-corrected chi connectivity index (χ4v) is 2.45. The molecule has 0 aliphatic heterocycles. The molecule has 1 aliphatic carbocycles. The summed E-state index contributed by atoms with van der Waals surface area (Å²) in [6.07, 6.45) is 1.48. The van der Waals surface area contributed by atoms with E-state index in [0.717, 1.165) is 6.42 Å². The van der Waals surface area contributed by atoms with Gasteiger partial charge in [0.2, 0.25) is 0 Å². The van der Waals surface area contributed by atoms with Crippen molar-refractivity contribution in [1.29, 1.82) is 0 Å². The van der Waals surface area contributed by atoms with Crippen LogP contribution in [-0.4, -0.2) is 48.6 Å². The molecule has 22 heavy (non-hydrogen) atoms. The molecule has 0 spiro atoms. The summed E-state index contributed by atoms with van der Waals surface area (Å²) >= 11 is 0. The van der Waals surface area contributed by atoms with E-state index in [9.17, 15) is 19.8 Å².